The molecule has 2 aromatic heterocycles. The number of methoxy groups -OCH3 is 1. The highest BCUT2D eigenvalue weighted by Gasteiger charge is 2.29. The second-order valence-electron chi connectivity index (χ2n) is 6.92. The van der Waals surface area contributed by atoms with Gasteiger partial charge < -0.3 is 14.6 Å². The summed E-state index contributed by atoms with van der Waals surface area (Å²) in [6, 6.07) is 6.55. The normalized spacial score (nSPS) is 20.4. The second kappa shape index (κ2) is 7.05. The lowest BCUT2D eigenvalue weighted by molar-refractivity contribution is 0.0365. The fraction of sp³-hybridized carbons (Fsp3) is 0.400. The summed E-state index contributed by atoms with van der Waals surface area (Å²) in [7, 11) is 1.80. The molecule has 3 heterocycles. The van der Waals surface area contributed by atoms with E-state index in [-0.39, 0.29) is 12.1 Å². The quantitative estimate of drug-likeness (QED) is 0.785. The number of ether oxygens (including phenoxy) is 1. The fourth-order valence-corrected chi connectivity index (χ4v) is 4.00. The first-order chi connectivity index (χ1) is 12.7. The Hall–Kier alpha value is -2.44. The number of aromatic nitrogens is 4. The molecule has 2 atom stereocenters. The van der Waals surface area contributed by atoms with Gasteiger partial charge in [-0.05, 0) is 50.1 Å². The van der Waals surface area contributed by atoms with Crippen LogP contribution in [0.3, 0.4) is 0 Å². The SMILES string of the molecule is CO[C@H]1CCNC[C@H]1n1ccnc1-c1cc(C)cc(C)c1-n1cccn1. The number of imidazole rings is 1. The summed E-state index contributed by atoms with van der Waals surface area (Å²) < 4.78 is 9.94. The molecule has 0 bridgehead atoms. The second-order valence-corrected chi connectivity index (χ2v) is 6.92. The van der Waals surface area contributed by atoms with Crippen molar-refractivity contribution in [3.63, 3.8) is 0 Å². The van der Waals surface area contributed by atoms with E-state index < -0.39 is 0 Å². The van der Waals surface area contributed by atoms with E-state index >= 15 is 0 Å². The first kappa shape index (κ1) is 17.0. The summed E-state index contributed by atoms with van der Waals surface area (Å²) >= 11 is 0. The van der Waals surface area contributed by atoms with Crippen molar-refractivity contribution in [1.29, 1.82) is 0 Å². The van der Waals surface area contributed by atoms with Crippen LogP contribution in [-0.2, 0) is 4.74 Å². The van der Waals surface area contributed by atoms with E-state index in [1.165, 1.54) is 11.1 Å². The van der Waals surface area contributed by atoms with Crippen LogP contribution in [0.5, 0.6) is 0 Å². The topological polar surface area (TPSA) is 56.9 Å². The summed E-state index contributed by atoms with van der Waals surface area (Å²) in [5.41, 5.74) is 4.57. The van der Waals surface area contributed by atoms with E-state index in [0.29, 0.717) is 0 Å². The number of aryl methyl sites for hydroxylation is 2. The molecule has 1 fully saturated rings. The van der Waals surface area contributed by atoms with Gasteiger partial charge in [0, 0.05) is 44.0 Å². The average Bonchev–Trinajstić information content (AvgIpc) is 3.32. The Morgan fingerprint density at radius 1 is 1.19 bits per heavy atom. The van der Waals surface area contributed by atoms with Crippen LogP contribution in [0, 0.1) is 13.8 Å². The molecule has 6 nitrogen and oxygen atoms in total. The Morgan fingerprint density at radius 3 is 2.85 bits per heavy atom. The molecule has 0 spiro atoms. The van der Waals surface area contributed by atoms with Crippen LogP contribution in [0.1, 0.15) is 23.6 Å². The van der Waals surface area contributed by atoms with Gasteiger partial charge in [0.05, 0.1) is 17.8 Å². The Morgan fingerprint density at radius 2 is 2.08 bits per heavy atom. The van der Waals surface area contributed by atoms with Crippen molar-refractivity contribution in [1.82, 2.24) is 24.6 Å². The predicted molar refractivity (Wildman–Crippen MR) is 102 cm³/mol. The van der Waals surface area contributed by atoms with E-state index in [9.17, 15) is 0 Å². The van der Waals surface area contributed by atoms with E-state index in [0.717, 1.165) is 36.6 Å². The number of piperidine rings is 1. The smallest absolute Gasteiger partial charge is 0.142 e. The minimum atomic E-state index is 0.184. The van der Waals surface area contributed by atoms with Gasteiger partial charge in [-0.1, -0.05) is 6.07 Å². The highest BCUT2D eigenvalue weighted by molar-refractivity contribution is 5.71. The van der Waals surface area contributed by atoms with Crippen molar-refractivity contribution in [2.24, 2.45) is 0 Å². The van der Waals surface area contributed by atoms with Crippen molar-refractivity contribution >= 4 is 0 Å². The zero-order valence-corrected chi connectivity index (χ0v) is 15.5. The summed E-state index contributed by atoms with van der Waals surface area (Å²) in [5.74, 6) is 0.957. The van der Waals surface area contributed by atoms with E-state index in [1.54, 1.807) is 7.11 Å². The minimum Gasteiger partial charge on any atom is -0.379 e. The molecule has 6 heteroatoms. The molecule has 0 saturated carbocycles. The maximum atomic E-state index is 5.76. The Balaban J connectivity index is 1.86. The summed E-state index contributed by atoms with van der Waals surface area (Å²) in [5, 5.41) is 7.95. The number of nitrogens with one attached hydrogen (secondary N) is 1. The average molecular weight is 351 g/mol. The number of benzene rings is 1. The third kappa shape index (κ3) is 2.95. The number of nitrogens with zero attached hydrogens (tertiary/aromatic N) is 4. The van der Waals surface area contributed by atoms with Gasteiger partial charge in [-0.3, -0.25) is 0 Å². The van der Waals surface area contributed by atoms with Gasteiger partial charge in [0.15, 0.2) is 0 Å². The molecule has 3 aromatic rings. The Labute approximate surface area is 153 Å². The highest BCUT2D eigenvalue weighted by Crippen LogP contribution is 2.32. The maximum absolute atomic E-state index is 5.76. The zero-order chi connectivity index (χ0) is 18.1. The van der Waals surface area contributed by atoms with Gasteiger partial charge in [-0.2, -0.15) is 5.10 Å². The Kier molecular flexibility index (Phi) is 4.61. The molecule has 4 rings (SSSR count). The van der Waals surface area contributed by atoms with E-state index in [1.807, 2.05) is 29.3 Å². The van der Waals surface area contributed by atoms with E-state index in [2.05, 4.69) is 47.2 Å². The summed E-state index contributed by atoms with van der Waals surface area (Å²) in [6.07, 6.45) is 8.90. The first-order valence-corrected chi connectivity index (χ1v) is 9.07. The molecule has 1 aliphatic rings. The van der Waals surface area contributed by atoms with Crippen molar-refractivity contribution in [2.75, 3.05) is 20.2 Å². The highest BCUT2D eigenvalue weighted by atomic mass is 16.5. The van der Waals surface area contributed by atoms with Crippen LogP contribution < -0.4 is 5.32 Å². The monoisotopic (exact) mass is 351 g/mol. The molecular formula is C20H25N5O. The van der Waals surface area contributed by atoms with Crippen molar-refractivity contribution in [3.05, 3.63) is 54.1 Å². The third-order valence-corrected chi connectivity index (χ3v) is 5.14. The van der Waals surface area contributed by atoms with Crippen LogP contribution in [0.4, 0.5) is 0 Å². The maximum Gasteiger partial charge on any atom is 0.142 e. The molecular weight excluding hydrogens is 326 g/mol. The largest absolute Gasteiger partial charge is 0.379 e. The molecule has 1 aromatic carbocycles. The van der Waals surface area contributed by atoms with E-state index in [4.69, 9.17) is 9.72 Å². The lowest BCUT2D eigenvalue weighted by Gasteiger charge is -2.33. The molecule has 0 aliphatic carbocycles. The standard InChI is InChI=1S/C20H25N5O/c1-14-11-15(2)19(25-9-4-6-23-25)16(12-14)20-22-8-10-24(20)17-13-21-7-5-18(17)26-3/h4,6,8-12,17-18,21H,5,7,13H2,1-3H3/t17-,18+/m1/s1. The van der Waals surface area contributed by atoms with Gasteiger partial charge in [-0.25, -0.2) is 9.67 Å². The van der Waals surface area contributed by atoms with Crippen molar-refractivity contribution < 1.29 is 4.74 Å². The minimum absolute atomic E-state index is 0.184. The van der Waals surface area contributed by atoms with Crippen LogP contribution in [-0.4, -0.2) is 45.6 Å². The van der Waals surface area contributed by atoms with Gasteiger partial charge in [0.1, 0.15) is 5.82 Å². The summed E-state index contributed by atoms with van der Waals surface area (Å²) in [6.45, 7) is 6.11. The van der Waals surface area contributed by atoms with Crippen LogP contribution >= 0.6 is 0 Å². The van der Waals surface area contributed by atoms with Gasteiger partial charge in [-0.15, -0.1) is 0 Å². The molecule has 0 radical (unpaired) electrons. The van der Waals surface area contributed by atoms with Gasteiger partial charge in [0.2, 0.25) is 0 Å². The van der Waals surface area contributed by atoms with Crippen LogP contribution in [0.15, 0.2) is 43.0 Å². The van der Waals surface area contributed by atoms with Crippen molar-refractivity contribution in [3.8, 4) is 17.1 Å². The molecule has 136 valence electrons. The molecule has 0 amide bonds. The molecule has 26 heavy (non-hydrogen) atoms. The molecule has 0 unspecified atom stereocenters. The number of rotatable bonds is 4. The summed E-state index contributed by atoms with van der Waals surface area (Å²) in [4.78, 5) is 4.72. The third-order valence-electron chi connectivity index (χ3n) is 5.14. The van der Waals surface area contributed by atoms with Crippen molar-refractivity contribution in [2.45, 2.75) is 32.4 Å². The van der Waals surface area contributed by atoms with Gasteiger partial charge in [0.25, 0.3) is 0 Å². The molecule has 1 N–H and O–H groups in total. The number of hydrogen-bond donors (Lipinski definition) is 1. The fourth-order valence-electron chi connectivity index (χ4n) is 4.00. The predicted octanol–water partition coefficient (Wildman–Crippen LogP) is 2.90. The van der Waals surface area contributed by atoms with Crippen LogP contribution in [0.25, 0.3) is 17.1 Å². The lowest BCUT2D eigenvalue weighted by Crippen LogP contribution is -2.42. The van der Waals surface area contributed by atoms with Gasteiger partial charge >= 0.3 is 0 Å². The van der Waals surface area contributed by atoms with Crippen LogP contribution in [0.2, 0.25) is 0 Å². The molecule has 1 aliphatic heterocycles. The zero-order valence-electron chi connectivity index (χ0n) is 15.5. The Bertz CT molecular complexity index is 884. The first-order valence-electron chi connectivity index (χ1n) is 9.07. The number of hydrogen-bond acceptors (Lipinski definition) is 4. The lowest BCUT2D eigenvalue weighted by atomic mass is 10.0. The molecule has 1 saturated heterocycles.